The molecule has 0 aliphatic rings. The molecule has 0 atom stereocenters. The zero-order valence-corrected chi connectivity index (χ0v) is 12.6. The number of nitrogens with one attached hydrogen (secondary N) is 1. The monoisotopic (exact) mass is 301 g/mol. The van der Waals surface area contributed by atoms with Crippen LogP contribution in [0.5, 0.6) is 17.2 Å². The molecule has 0 spiro atoms. The Morgan fingerprint density at radius 2 is 1.73 bits per heavy atom. The molecule has 0 radical (unpaired) electrons. The minimum Gasteiger partial charge on any atom is -0.508 e. The molecule has 0 aromatic heterocycles. The molecule has 0 aliphatic heterocycles. The summed E-state index contributed by atoms with van der Waals surface area (Å²) in [5.74, 6) is 1.27. The Labute approximate surface area is 129 Å². The van der Waals surface area contributed by atoms with Crippen molar-refractivity contribution in [2.24, 2.45) is 0 Å². The lowest BCUT2D eigenvalue weighted by molar-refractivity contribution is -0.118. The van der Waals surface area contributed by atoms with Crippen LogP contribution in [0.25, 0.3) is 0 Å². The number of aryl methyl sites for hydroxylation is 1. The predicted octanol–water partition coefficient (Wildman–Crippen LogP) is 3.12. The molecule has 2 aromatic carbocycles. The van der Waals surface area contributed by atoms with Crippen molar-refractivity contribution in [1.29, 1.82) is 0 Å². The Balaban J connectivity index is 1.87. The fraction of sp³-hybridized carbons (Fsp3) is 0.235. The summed E-state index contributed by atoms with van der Waals surface area (Å²) in [7, 11) is 0. The summed E-state index contributed by atoms with van der Waals surface area (Å²) in [6.07, 6.45) is 0. The number of phenolic OH excluding ortho intramolecular Hbond substituents is 1. The molecule has 22 heavy (non-hydrogen) atoms. The lowest BCUT2D eigenvalue weighted by Crippen LogP contribution is -2.20. The fourth-order valence-electron chi connectivity index (χ4n) is 1.92. The van der Waals surface area contributed by atoms with Crippen molar-refractivity contribution >= 4 is 11.6 Å². The summed E-state index contributed by atoms with van der Waals surface area (Å²) < 4.78 is 10.8. The smallest absolute Gasteiger partial charge is 0.262 e. The van der Waals surface area contributed by atoms with E-state index in [1.54, 1.807) is 36.4 Å². The average molecular weight is 301 g/mol. The molecule has 0 bridgehead atoms. The first kappa shape index (κ1) is 15.7. The van der Waals surface area contributed by atoms with E-state index in [0.717, 1.165) is 11.3 Å². The highest BCUT2D eigenvalue weighted by molar-refractivity contribution is 5.92. The van der Waals surface area contributed by atoms with Gasteiger partial charge in [-0.15, -0.1) is 0 Å². The summed E-state index contributed by atoms with van der Waals surface area (Å²) in [4.78, 5) is 11.9. The lowest BCUT2D eigenvalue weighted by atomic mass is 10.2. The van der Waals surface area contributed by atoms with Gasteiger partial charge in [0.25, 0.3) is 5.91 Å². The summed E-state index contributed by atoms with van der Waals surface area (Å²) in [5.41, 5.74) is 1.44. The van der Waals surface area contributed by atoms with E-state index in [2.05, 4.69) is 5.32 Å². The van der Waals surface area contributed by atoms with E-state index in [0.29, 0.717) is 18.0 Å². The van der Waals surface area contributed by atoms with Gasteiger partial charge in [-0.05, 0) is 61.9 Å². The third-order valence-electron chi connectivity index (χ3n) is 2.99. The number of amides is 1. The van der Waals surface area contributed by atoms with Crippen molar-refractivity contribution in [3.05, 3.63) is 48.0 Å². The molecule has 5 nitrogen and oxygen atoms in total. The van der Waals surface area contributed by atoms with Crippen LogP contribution in [0.1, 0.15) is 12.5 Å². The Morgan fingerprint density at radius 1 is 1.09 bits per heavy atom. The van der Waals surface area contributed by atoms with Crippen LogP contribution < -0.4 is 14.8 Å². The van der Waals surface area contributed by atoms with E-state index in [1.165, 1.54) is 6.07 Å². The number of hydrogen-bond acceptors (Lipinski definition) is 4. The molecule has 1 amide bonds. The molecule has 0 aliphatic carbocycles. The molecular weight excluding hydrogens is 282 g/mol. The standard InChI is InChI=1S/C17H19NO4/c1-3-21-14-5-7-15(8-6-14)22-11-17(20)18-16-9-4-13(19)10-12(16)2/h4-10,19H,3,11H2,1-2H3,(H,18,20). The Hall–Kier alpha value is -2.69. The summed E-state index contributed by atoms with van der Waals surface area (Å²) in [5, 5.41) is 12.1. The second kappa shape index (κ2) is 7.36. The topological polar surface area (TPSA) is 67.8 Å². The second-order valence-corrected chi connectivity index (χ2v) is 4.74. The van der Waals surface area contributed by atoms with Crippen molar-refractivity contribution in [3.63, 3.8) is 0 Å². The van der Waals surface area contributed by atoms with Crippen LogP contribution >= 0.6 is 0 Å². The zero-order valence-electron chi connectivity index (χ0n) is 12.6. The number of carbonyl (C=O) groups is 1. The molecule has 0 saturated heterocycles. The molecule has 0 saturated carbocycles. The van der Waals surface area contributed by atoms with Gasteiger partial charge >= 0.3 is 0 Å². The van der Waals surface area contributed by atoms with E-state index >= 15 is 0 Å². The maximum Gasteiger partial charge on any atom is 0.262 e. The van der Waals surface area contributed by atoms with Gasteiger partial charge < -0.3 is 19.9 Å². The van der Waals surface area contributed by atoms with E-state index in [4.69, 9.17) is 9.47 Å². The molecule has 0 heterocycles. The Bertz CT molecular complexity index is 638. The minimum absolute atomic E-state index is 0.0890. The van der Waals surface area contributed by atoms with Crippen LogP contribution in [0.15, 0.2) is 42.5 Å². The number of hydrogen-bond donors (Lipinski definition) is 2. The largest absolute Gasteiger partial charge is 0.508 e. The van der Waals surface area contributed by atoms with Crippen LogP contribution in [-0.2, 0) is 4.79 Å². The quantitative estimate of drug-likeness (QED) is 0.804. The first-order valence-corrected chi connectivity index (χ1v) is 7.03. The van der Waals surface area contributed by atoms with Crippen LogP contribution in [0.4, 0.5) is 5.69 Å². The number of carbonyl (C=O) groups excluding carboxylic acids is 1. The van der Waals surface area contributed by atoms with E-state index in [-0.39, 0.29) is 18.3 Å². The number of phenols is 1. The van der Waals surface area contributed by atoms with Gasteiger partial charge in [-0.1, -0.05) is 0 Å². The van der Waals surface area contributed by atoms with E-state index < -0.39 is 0 Å². The van der Waals surface area contributed by atoms with Crippen molar-refractivity contribution < 1.29 is 19.4 Å². The van der Waals surface area contributed by atoms with E-state index in [9.17, 15) is 9.90 Å². The molecule has 116 valence electrons. The van der Waals surface area contributed by atoms with Gasteiger partial charge in [0.1, 0.15) is 17.2 Å². The molecule has 2 rings (SSSR count). The average Bonchev–Trinajstić information content (AvgIpc) is 2.50. The fourth-order valence-corrected chi connectivity index (χ4v) is 1.92. The SMILES string of the molecule is CCOc1ccc(OCC(=O)Nc2ccc(O)cc2C)cc1. The molecule has 0 unspecified atom stereocenters. The first-order valence-electron chi connectivity index (χ1n) is 7.03. The van der Waals surface area contributed by atoms with Crippen LogP contribution in [0, 0.1) is 6.92 Å². The molecule has 5 heteroatoms. The van der Waals surface area contributed by atoms with Gasteiger partial charge in [-0.25, -0.2) is 0 Å². The number of rotatable bonds is 6. The Kier molecular flexibility index (Phi) is 5.25. The third kappa shape index (κ3) is 4.41. The maximum atomic E-state index is 11.9. The van der Waals surface area contributed by atoms with Crippen LogP contribution in [0.3, 0.4) is 0 Å². The normalized spacial score (nSPS) is 10.1. The molecular formula is C17H19NO4. The zero-order chi connectivity index (χ0) is 15.9. The highest BCUT2D eigenvalue weighted by Crippen LogP contribution is 2.20. The molecule has 2 N–H and O–H groups in total. The van der Waals surface area contributed by atoms with Gasteiger partial charge in [0, 0.05) is 5.69 Å². The van der Waals surface area contributed by atoms with Gasteiger partial charge in [0.05, 0.1) is 6.61 Å². The molecule has 0 fully saturated rings. The van der Waals surface area contributed by atoms with Crippen molar-refractivity contribution in [2.75, 3.05) is 18.5 Å². The highest BCUT2D eigenvalue weighted by Gasteiger charge is 2.06. The highest BCUT2D eigenvalue weighted by atomic mass is 16.5. The number of anilines is 1. The third-order valence-corrected chi connectivity index (χ3v) is 2.99. The van der Waals surface area contributed by atoms with Crippen molar-refractivity contribution in [2.45, 2.75) is 13.8 Å². The van der Waals surface area contributed by atoms with Crippen LogP contribution in [-0.4, -0.2) is 24.2 Å². The van der Waals surface area contributed by atoms with Gasteiger partial charge in [0.2, 0.25) is 0 Å². The summed E-state index contributed by atoms with van der Waals surface area (Å²) in [6, 6.07) is 11.9. The molecule has 2 aromatic rings. The predicted molar refractivity (Wildman–Crippen MR) is 84.6 cm³/mol. The summed E-state index contributed by atoms with van der Waals surface area (Å²) in [6.45, 7) is 4.24. The Morgan fingerprint density at radius 3 is 2.32 bits per heavy atom. The number of ether oxygens (including phenoxy) is 2. The maximum absolute atomic E-state index is 11.9. The number of aromatic hydroxyl groups is 1. The minimum atomic E-state index is -0.261. The van der Waals surface area contributed by atoms with Crippen LogP contribution in [0.2, 0.25) is 0 Å². The van der Waals surface area contributed by atoms with Gasteiger partial charge in [0.15, 0.2) is 6.61 Å². The lowest BCUT2D eigenvalue weighted by Gasteiger charge is -2.10. The van der Waals surface area contributed by atoms with Crippen molar-refractivity contribution in [1.82, 2.24) is 0 Å². The first-order chi connectivity index (χ1) is 10.6. The van der Waals surface area contributed by atoms with E-state index in [1.807, 2.05) is 13.8 Å². The van der Waals surface area contributed by atoms with Gasteiger partial charge in [-0.2, -0.15) is 0 Å². The summed E-state index contributed by atoms with van der Waals surface area (Å²) >= 11 is 0. The van der Waals surface area contributed by atoms with Crippen molar-refractivity contribution in [3.8, 4) is 17.2 Å². The number of benzene rings is 2. The van der Waals surface area contributed by atoms with Gasteiger partial charge in [-0.3, -0.25) is 4.79 Å². The second-order valence-electron chi connectivity index (χ2n) is 4.74.